The van der Waals surface area contributed by atoms with Crippen LogP contribution in [0.1, 0.15) is 31.9 Å². The number of nitrogens with zero attached hydrogens (tertiary/aromatic N) is 4. The molecule has 0 saturated heterocycles. The molecule has 1 amide bonds. The van der Waals surface area contributed by atoms with Crippen LogP contribution in [0.4, 0.5) is 5.69 Å². The van der Waals surface area contributed by atoms with E-state index < -0.39 is 15.3 Å². The molecular formula is C24H25N5O4S. The van der Waals surface area contributed by atoms with Gasteiger partial charge in [-0.15, -0.1) is 0 Å². The van der Waals surface area contributed by atoms with Crippen LogP contribution in [0.5, 0.6) is 5.88 Å². The minimum atomic E-state index is -3.51. The highest BCUT2D eigenvalue weighted by atomic mass is 32.2. The number of anilines is 1. The highest BCUT2D eigenvalue weighted by Crippen LogP contribution is 2.67. The first-order valence-corrected chi connectivity index (χ1v) is 13.1. The smallest absolute Gasteiger partial charge is 0.237 e. The maximum atomic E-state index is 13.6. The van der Waals surface area contributed by atoms with Gasteiger partial charge < -0.3 is 10.1 Å². The molecule has 5 rings (SSSR count). The standard InChI is InChI=1S/C24H25N5O4S/c1-3-33-21-13-25-12-19(29-21)15-7-9-16(10-8-15)28-23(30)24(17-5-4-6-18(17)24)20-11-22(27-14-26-20)34(2,31)32/h7-14,17-18H,3-6H2,1-2H3,(H,28,30)/t17-,18+,24?. The van der Waals surface area contributed by atoms with Gasteiger partial charge in [0.1, 0.15) is 6.33 Å². The normalized spacial score (nSPS) is 23.2. The number of hydrogen-bond donors (Lipinski definition) is 1. The molecule has 2 aliphatic carbocycles. The minimum absolute atomic E-state index is 0.0607. The molecule has 1 unspecified atom stereocenters. The Morgan fingerprint density at radius 2 is 1.88 bits per heavy atom. The molecule has 2 fully saturated rings. The molecule has 0 bridgehead atoms. The highest BCUT2D eigenvalue weighted by molar-refractivity contribution is 7.90. The van der Waals surface area contributed by atoms with E-state index in [1.165, 1.54) is 12.4 Å². The summed E-state index contributed by atoms with van der Waals surface area (Å²) < 4.78 is 29.5. The molecule has 9 nitrogen and oxygen atoms in total. The van der Waals surface area contributed by atoms with Gasteiger partial charge in [-0.25, -0.2) is 23.4 Å². The Bertz CT molecular complexity index is 1330. The van der Waals surface area contributed by atoms with E-state index in [9.17, 15) is 13.2 Å². The van der Waals surface area contributed by atoms with Gasteiger partial charge in [-0.2, -0.15) is 0 Å². The lowest BCUT2D eigenvalue weighted by Crippen LogP contribution is -2.33. The molecule has 2 aliphatic rings. The second-order valence-electron chi connectivity index (χ2n) is 8.73. The van der Waals surface area contributed by atoms with Crippen molar-refractivity contribution in [2.24, 2.45) is 11.8 Å². The monoisotopic (exact) mass is 479 g/mol. The van der Waals surface area contributed by atoms with Crippen molar-refractivity contribution >= 4 is 21.4 Å². The maximum Gasteiger partial charge on any atom is 0.237 e. The van der Waals surface area contributed by atoms with E-state index in [1.54, 1.807) is 12.4 Å². The summed E-state index contributed by atoms with van der Waals surface area (Å²) in [5, 5.41) is 2.97. The summed E-state index contributed by atoms with van der Waals surface area (Å²) in [5.74, 6) is 0.612. The van der Waals surface area contributed by atoms with Crippen LogP contribution in [-0.4, -0.2) is 47.1 Å². The first kappa shape index (κ1) is 22.4. The molecule has 3 aromatic rings. The summed E-state index contributed by atoms with van der Waals surface area (Å²) in [6, 6.07) is 8.82. The molecule has 2 saturated carbocycles. The SMILES string of the molecule is CCOc1cncc(-c2ccc(NC(=O)C3(c4cc(S(C)(=O)=O)ncn4)[C@@H]4CCC[C@@H]43)cc2)n1. The molecule has 3 atom stereocenters. The molecule has 34 heavy (non-hydrogen) atoms. The highest BCUT2D eigenvalue weighted by Gasteiger charge is 2.72. The zero-order valence-electron chi connectivity index (χ0n) is 18.9. The number of carbonyl (C=O) groups excluding carboxylic acids is 1. The van der Waals surface area contributed by atoms with Crippen molar-refractivity contribution in [1.82, 2.24) is 19.9 Å². The van der Waals surface area contributed by atoms with Crippen molar-refractivity contribution in [1.29, 1.82) is 0 Å². The minimum Gasteiger partial charge on any atom is -0.477 e. The Morgan fingerprint density at radius 1 is 1.15 bits per heavy atom. The van der Waals surface area contributed by atoms with Gasteiger partial charge >= 0.3 is 0 Å². The van der Waals surface area contributed by atoms with Crippen molar-refractivity contribution in [3.8, 4) is 17.1 Å². The number of aromatic nitrogens is 4. The van der Waals surface area contributed by atoms with Crippen molar-refractivity contribution in [3.05, 3.63) is 54.7 Å². The third-order valence-electron chi connectivity index (χ3n) is 6.74. The zero-order valence-corrected chi connectivity index (χ0v) is 19.7. The average molecular weight is 480 g/mol. The third kappa shape index (κ3) is 3.81. The fraction of sp³-hybridized carbons (Fsp3) is 0.375. The van der Waals surface area contributed by atoms with Gasteiger partial charge in [0.15, 0.2) is 14.9 Å². The van der Waals surface area contributed by atoms with Crippen LogP contribution in [-0.2, 0) is 20.0 Å². The fourth-order valence-electron chi connectivity index (χ4n) is 5.22. The zero-order chi connectivity index (χ0) is 23.9. The first-order valence-electron chi connectivity index (χ1n) is 11.2. The lowest BCUT2D eigenvalue weighted by Gasteiger charge is -2.20. The van der Waals surface area contributed by atoms with Gasteiger partial charge in [0.25, 0.3) is 0 Å². The molecule has 0 spiro atoms. The lowest BCUT2D eigenvalue weighted by molar-refractivity contribution is -0.119. The van der Waals surface area contributed by atoms with Crippen molar-refractivity contribution in [2.45, 2.75) is 36.6 Å². The van der Waals surface area contributed by atoms with Crippen LogP contribution in [0.2, 0.25) is 0 Å². The van der Waals surface area contributed by atoms with E-state index in [-0.39, 0.29) is 22.8 Å². The molecule has 2 heterocycles. The molecule has 0 aliphatic heterocycles. The number of sulfone groups is 1. The van der Waals surface area contributed by atoms with Crippen molar-refractivity contribution in [2.75, 3.05) is 18.2 Å². The van der Waals surface area contributed by atoms with E-state index in [4.69, 9.17) is 4.74 Å². The molecule has 1 N–H and O–H groups in total. The number of benzene rings is 1. The summed E-state index contributed by atoms with van der Waals surface area (Å²) in [6.07, 6.45) is 8.47. The molecule has 2 aromatic heterocycles. The van der Waals surface area contributed by atoms with Gasteiger partial charge in [0.2, 0.25) is 11.8 Å². The summed E-state index contributed by atoms with van der Waals surface area (Å²) in [4.78, 5) is 30.4. The second-order valence-corrected chi connectivity index (χ2v) is 10.7. The number of ether oxygens (including phenoxy) is 1. The number of amides is 1. The molecule has 176 valence electrons. The number of carbonyl (C=O) groups is 1. The summed E-state index contributed by atoms with van der Waals surface area (Å²) in [5.41, 5.74) is 1.82. The van der Waals surface area contributed by atoms with Crippen molar-refractivity contribution < 1.29 is 17.9 Å². The van der Waals surface area contributed by atoms with Crippen LogP contribution in [0.15, 0.2) is 54.1 Å². The van der Waals surface area contributed by atoms with Crippen LogP contribution >= 0.6 is 0 Å². The Kier molecular flexibility index (Phi) is 5.55. The lowest BCUT2D eigenvalue weighted by atomic mass is 9.90. The molecule has 10 heteroatoms. The summed E-state index contributed by atoms with van der Waals surface area (Å²) in [6.45, 7) is 2.39. The van der Waals surface area contributed by atoms with Crippen LogP contribution in [0.25, 0.3) is 11.3 Å². The van der Waals surface area contributed by atoms with Crippen molar-refractivity contribution in [3.63, 3.8) is 0 Å². The van der Waals surface area contributed by atoms with E-state index >= 15 is 0 Å². The second kappa shape index (κ2) is 8.43. The topological polar surface area (TPSA) is 124 Å². The Hall–Kier alpha value is -3.40. The van der Waals surface area contributed by atoms with E-state index in [1.807, 2.05) is 31.2 Å². The van der Waals surface area contributed by atoms with E-state index in [0.29, 0.717) is 29.6 Å². The van der Waals surface area contributed by atoms with Gasteiger partial charge in [-0.1, -0.05) is 18.6 Å². The summed E-state index contributed by atoms with van der Waals surface area (Å²) >= 11 is 0. The van der Waals surface area contributed by atoms with Gasteiger partial charge in [0.05, 0.1) is 35.8 Å². The number of rotatable bonds is 7. The van der Waals surface area contributed by atoms with E-state index in [0.717, 1.165) is 31.1 Å². The average Bonchev–Trinajstić information content (AvgIpc) is 3.20. The summed E-state index contributed by atoms with van der Waals surface area (Å²) in [7, 11) is -3.51. The molecule has 0 radical (unpaired) electrons. The molecular weight excluding hydrogens is 454 g/mol. The van der Waals surface area contributed by atoms with E-state index in [2.05, 4.69) is 25.3 Å². The number of hydrogen-bond acceptors (Lipinski definition) is 8. The Labute approximate surface area is 198 Å². The predicted molar refractivity (Wildman–Crippen MR) is 125 cm³/mol. The van der Waals surface area contributed by atoms with Crippen LogP contribution in [0.3, 0.4) is 0 Å². The third-order valence-corrected chi connectivity index (χ3v) is 7.72. The van der Waals surface area contributed by atoms with Gasteiger partial charge in [-0.3, -0.25) is 9.78 Å². The van der Waals surface area contributed by atoms with Crippen LogP contribution in [0, 0.1) is 11.8 Å². The largest absolute Gasteiger partial charge is 0.477 e. The predicted octanol–water partition coefficient (Wildman–Crippen LogP) is 3.04. The number of fused-ring (bicyclic) bond motifs is 1. The first-order chi connectivity index (χ1) is 16.3. The fourth-order valence-corrected chi connectivity index (χ4v) is 5.78. The molecule has 1 aromatic carbocycles. The Morgan fingerprint density at radius 3 is 2.56 bits per heavy atom. The Balaban J connectivity index is 1.40. The maximum absolute atomic E-state index is 13.6. The number of nitrogens with one attached hydrogen (secondary N) is 1. The van der Waals surface area contributed by atoms with Crippen LogP contribution < -0.4 is 10.1 Å². The van der Waals surface area contributed by atoms with Gasteiger partial charge in [-0.05, 0) is 49.8 Å². The van der Waals surface area contributed by atoms with Gasteiger partial charge in [0, 0.05) is 17.5 Å². The quantitative estimate of drug-likeness (QED) is 0.513.